The quantitative estimate of drug-likeness (QED) is 0.857. The molecule has 0 bridgehead atoms. The topological polar surface area (TPSA) is 90.4 Å². The Kier molecular flexibility index (Phi) is 3.82. The SMILES string of the molecule is Cn1nc(CO)c(OC(N)=O)c1Cc1ccccc1. The maximum Gasteiger partial charge on any atom is 0.410 e. The Hall–Kier alpha value is -2.34. The zero-order valence-corrected chi connectivity index (χ0v) is 10.5. The van der Waals surface area contributed by atoms with E-state index in [-0.39, 0.29) is 12.4 Å². The molecule has 1 aromatic carbocycles. The lowest BCUT2D eigenvalue weighted by Gasteiger charge is -2.06. The van der Waals surface area contributed by atoms with Crippen molar-refractivity contribution in [1.29, 1.82) is 0 Å². The number of carbonyl (C=O) groups is 1. The van der Waals surface area contributed by atoms with Crippen LogP contribution in [0.15, 0.2) is 30.3 Å². The second-order valence-electron chi connectivity index (χ2n) is 4.09. The summed E-state index contributed by atoms with van der Waals surface area (Å²) < 4.78 is 6.54. The van der Waals surface area contributed by atoms with E-state index in [2.05, 4.69) is 5.10 Å². The average Bonchev–Trinajstić information content (AvgIpc) is 2.67. The van der Waals surface area contributed by atoms with Crippen LogP contribution in [-0.4, -0.2) is 21.0 Å². The first-order valence-electron chi connectivity index (χ1n) is 5.78. The molecule has 6 nitrogen and oxygen atoms in total. The van der Waals surface area contributed by atoms with Gasteiger partial charge in [0, 0.05) is 13.5 Å². The van der Waals surface area contributed by atoms with Crippen LogP contribution in [-0.2, 0) is 20.1 Å². The van der Waals surface area contributed by atoms with E-state index >= 15 is 0 Å². The van der Waals surface area contributed by atoms with Crippen molar-refractivity contribution in [3.63, 3.8) is 0 Å². The Bertz CT molecular complexity index is 578. The van der Waals surface area contributed by atoms with E-state index in [0.29, 0.717) is 17.8 Å². The number of hydrogen-bond acceptors (Lipinski definition) is 4. The first-order chi connectivity index (χ1) is 9.11. The highest BCUT2D eigenvalue weighted by atomic mass is 16.5. The normalized spacial score (nSPS) is 10.4. The maximum absolute atomic E-state index is 10.9. The minimum Gasteiger partial charge on any atom is -0.406 e. The molecule has 1 amide bonds. The van der Waals surface area contributed by atoms with Gasteiger partial charge in [0.15, 0.2) is 5.75 Å². The monoisotopic (exact) mass is 261 g/mol. The number of ether oxygens (including phenoxy) is 1. The van der Waals surface area contributed by atoms with Gasteiger partial charge in [0.05, 0.1) is 12.3 Å². The molecule has 19 heavy (non-hydrogen) atoms. The van der Waals surface area contributed by atoms with Crippen molar-refractivity contribution in [2.75, 3.05) is 0 Å². The van der Waals surface area contributed by atoms with E-state index in [9.17, 15) is 9.90 Å². The number of aliphatic hydroxyl groups is 1. The molecule has 0 aliphatic heterocycles. The highest BCUT2D eigenvalue weighted by Crippen LogP contribution is 2.26. The Morgan fingerprint density at radius 2 is 2.11 bits per heavy atom. The van der Waals surface area contributed by atoms with Gasteiger partial charge in [0.2, 0.25) is 0 Å². The lowest BCUT2D eigenvalue weighted by molar-refractivity contribution is 0.208. The molecule has 0 unspecified atom stereocenters. The fourth-order valence-electron chi connectivity index (χ4n) is 1.91. The summed E-state index contributed by atoms with van der Waals surface area (Å²) in [6.07, 6.45) is -0.385. The molecular formula is C13H15N3O3. The summed E-state index contributed by atoms with van der Waals surface area (Å²) in [7, 11) is 1.73. The molecule has 0 spiro atoms. The van der Waals surface area contributed by atoms with E-state index in [1.165, 1.54) is 0 Å². The molecule has 0 atom stereocenters. The molecule has 0 fully saturated rings. The van der Waals surface area contributed by atoms with Crippen LogP contribution in [0.2, 0.25) is 0 Å². The van der Waals surface area contributed by atoms with Gasteiger partial charge in [-0.25, -0.2) is 4.79 Å². The second-order valence-corrected chi connectivity index (χ2v) is 4.09. The van der Waals surface area contributed by atoms with Crippen LogP contribution >= 0.6 is 0 Å². The van der Waals surface area contributed by atoms with Crippen LogP contribution in [0.5, 0.6) is 5.75 Å². The third kappa shape index (κ3) is 2.92. The number of aliphatic hydroxyl groups excluding tert-OH is 1. The van der Waals surface area contributed by atoms with E-state index < -0.39 is 6.09 Å². The Morgan fingerprint density at radius 3 is 2.68 bits per heavy atom. The molecule has 3 N–H and O–H groups in total. The number of aromatic nitrogens is 2. The van der Waals surface area contributed by atoms with E-state index in [4.69, 9.17) is 10.5 Å². The van der Waals surface area contributed by atoms with Crippen LogP contribution in [0, 0.1) is 0 Å². The zero-order valence-electron chi connectivity index (χ0n) is 10.5. The molecule has 0 aliphatic carbocycles. The molecule has 0 radical (unpaired) electrons. The fourth-order valence-corrected chi connectivity index (χ4v) is 1.91. The molecule has 100 valence electrons. The minimum absolute atomic E-state index is 0.237. The number of carbonyl (C=O) groups excluding carboxylic acids is 1. The van der Waals surface area contributed by atoms with Crippen LogP contribution < -0.4 is 10.5 Å². The van der Waals surface area contributed by atoms with Crippen LogP contribution in [0.1, 0.15) is 17.0 Å². The number of aryl methyl sites for hydroxylation is 1. The van der Waals surface area contributed by atoms with Gasteiger partial charge in [-0.3, -0.25) is 4.68 Å². The zero-order chi connectivity index (χ0) is 13.8. The largest absolute Gasteiger partial charge is 0.410 e. The van der Waals surface area contributed by atoms with Crippen LogP contribution in [0.4, 0.5) is 4.79 Å². The molecule has 2 aromatic rings. The predicted octanol–water partition coefficient (Wildman–Crippen LogP) is 0.961. The van der Waals surface area contributed by atoms with Gasteiger partial charge in [0.1, 0.15) is 5.69 Å². The molecule has 2 rings (SSSR count). The highest BCUT2D eigenvalue weighted by molar-refractivity contribution is 5.69. The van der Waals surface area contributed by atoms with Crippen molar-refractivity contribution in [2.45, 2.75) is 13.0 Å². The molecular weight excluding hydrogens is 246 g/mol. The summed E-state index contributed by atoms with van der Waals surface area (Å²) >= 11 is 0. The molecule has 1 heterocycles. The van der Waals surface area contributed by atoms with Gasteiger partial charge in [-0.2, -0.15) is 5.10 Å². The lowest BCUT2D eigenvalue weighted by Crippen LogP contribution is -2.17. The third-order valence-electron chi connectivity index (χ3n) is 2.75. The summed E-state index contributed by atoms with van der Waals surface area (Å²) in [5, 5.41) is 13.3. The van der Waals surface area contributed by atoms with Gasteiger partial charge < -0.3 is 15.6 Å². The van der Waals surface area contributed by atoms with Crippen molar-refractivity contribution < 1.29 is 14.6 Å². The van der Waals surface area contributed by atoms with Crippen molar-refractivity contribution >= 4 is 6.09 Å². The lowest BCUT2D eigenvalue weighted by atomic mass is 10.1. The predicted molar refractivity (Wildman–Crippen MR) is 68.6 cm³/mol. The Labute approximate surface area is 110 Å². The standard InChI is InChI=1S/C13H15N3O3/c1-16-11(7-9-5-3-2-4-6-9)12(19-13(14)18)10(8-17)15-16/h2-6,17H,7-8H2,1H3,(H2,14,18). The van der Waals surface area contributed by atoms with Gasteiger partial charge in [-0.15, -0.1) is 0 Å². The Morgan fingerprint density at radius 1 is 1.42 bits per heavy atom. The van der Waals surface area contributed by atoms with Crippen LogP contribution in [0.25, 0.3) is 0 Å². The Balaban J connectivity index is 2.38. The summed E-state index contributed by atoms with van der Waals surface area (Å²) in [5.41, 5.74) is 7.07. The number of nitrogens with zero attached hydrogens (tertiary/aromatic N) is 2. The van der Waals surface area contributed by atoms with E-state index in [0.717, 1.165) is 5.56 Å². The number of nitrogens with two attached hydrogens (primary N) is 1. The van der Waals surface area contributed by atoms with Crippen molar-refractivity contribution in [3.05, 3.63) is 47.3 Å². The summed E-state index contributed by atoms with van der Waals surface area (Å²) in [5.74, 6) is 0.237. The molecule has 0 saturated heterocycles. The van der Waals surface area contributed by atoms with Gasteiger partial charge in [-0.05, 0) is 5.56 Å². The second kappa shape index (κ2) is 5.53. The summed E-state index contributed by atoms with van der Waals surface area (Å²) in [6.45, 7) is -0.314. The summed E-state index contributed by atoms with van der Waals surface area (Å²) in [6, 6.07) is 9.69. The van der Waals surface area contributed by atoms with Crippen molar-refractivity contribution in [1.82, 2.24) is 9.78 Å². The average molecular weight is 261 g/mol. The minimum atomic E-state index is -0.919. The van der Waals surface area contributed by atoms with Gasteiger partial charge in [0.25, 0.3) is 0 Å². The number of benzene rings is 1. The van der Waals surface area contributed by atoms with Gasteiger partial charge >= 0.3 is 6.09 Å². The van der Waals surface area contributed by atoms with Crippen molar-refractivity contribution in [2.24, 2.45) is 12.8 Å². The molecule has 6 heteroatoms. The first-order valence-corrected chi connectivity index (χ1v) is 5.78. The maximum atomic E-state index is 10.9. The highest BCUT2D eigenvalue weighted by Gasteiger charge is 2.19. The number of rotatable bonds is 4. The van der Waals surface area contributed by atoms with E-state index in [1.807, 2.05) is 30.3 Å². The smallest absolute Gasteiger partial charge is 0.406 e. The van der Waals surface area contributed by atoms with Crippen LogP contribution in [0.3, 0.4) is 0 Å². The third-order valence-corrected chi connectivity index (χ3v) is 2.75. The van der Waals surface area contributed by atoms with Crippen molar-refractivity contribution in [3.8, 4) is 5.75 Å². The molecule has 1 aromatic heterocycles. The fraction of sp³-hybridized carbons (Fsp3) is 0.231. The first kappa shape index (κ1) is 13.1. The number of amides is 1. The summed E-state index contributed by atoms with van der Waals surface area (Å²) in [4.78, 5) is 10.9. The molecule has 0 aliphatic rings. The molecule has 0 saturated carbocycles. The van der Waals surface area contributed by atoms with E-state index in [1.54, 1.807) is 11.7 Å². The number of hydrogen-bond donors (Lipinski definition) is 2. The van der Waals surface area contributed by atoms with Gasteiger partial charge in [-0.1, -0.05) is 30.3 Å². The number of primary amides is 1.